The third-order valence-electron chi connectivity index (χ3n) is 6.00. The zero-order valence-electron chi connectivity index (χ0n) is 18.3. The molecule has 0 bridgehead atoms. The van der Waals surface area contributed by atoms with E-state index in [0.717, 1.165) is 25.2 Å². The minimum atomic E-state index is -1.21. The Bertz CT molecular complexity index is 1110. The van der Waals surface area contributed by atoms with Crippen LogP contribution in [0.1, 0.15) is 60.6 Å². The summed E-state index contributed by atoms with van der Waals surface area (Å²) in [5.74, 6) is -1.29. The molecule has 7 nitrogen and oxygen atoms in total. The van der Waals surface area contributed by atoms with E-state index in [1.807, 2.05) is 38.1 Å². The lowest BCUT2D eigenvalue weighted by Crippen LogP contribution is -2.28. The van der Waals surface area contributed by atoms with Crippen molar-refractivity contribution >= 4 is 5.97 Å². The number of hydrogen-bond acceptors (Lipinski definition) is 6. The highest BCUT2D eigenvalue weighted by atomic mass is 16.5. The summed E-state index contributed by atoms with van der Waals surface area (Å²) in [7, 11) is 0. The number of benzene rings is 2. The molecule has 2 heterocycles. The molecule has 3 aromatic rings. The van der Waals surface area contributed by atoms with E-state index in [-0.39, 0.29) is 28.9 Å². The smallest absolute Gasteiger partial charge is 0.358 e. The predicted octanol–water partition coefficient (Wildman–Crippen LogP) is 5.23. The number of aromatic nitrogens is 1. The minimum absolute atomic E-state index is 0.00580. The highest BCUT2D eigenvalue weighted by Gasteiger charge is 2.27. The second-order valence-corrected chi connectivity index (χ2v) is 8.66. The fraction of sp³-hybridized carbons (Fsp3) is 0.360. The van der Waals surface area contributed by atoms with Crippen LogP contribution in [0.15, 0.2) is 40.9 Å². The Hall–Kier alpha value is -3.32. The maximum Gasteiger partial charge on any atom is 0.358 e. The number of carbonyl (C=O) groups is 1. The summed E-state index contributed by atoms with van der Waals surface area (Å²) in [4.78, 5) is 14.3. The van der Waals surface area contributed by atoms with Gasteiger partial charge in [0.15, 0.2) is 11.5 Å². The Morgan fingerprint density at radius 2 is 1.75 bits per heavy atom. The van der Waals surface area contributed by atoms with Gasteiger partial charge in [0.25, 0.3) is 0 Å². The van der Waals surface area contributed by atoms with E-state index in [1.165, 1.54) is 25.3 Å². The maximum atomic E-state index is 11.9. The molecule has 168 valence electrons. The largest absolute Gasteiger partial charge is 0.508 e. The highest BCUT2D eigenvalue weighted by molar-refractivity contribution is 5.99. The summed E-state index contributed by atoms with van der Waals surface area (Å²) in [5, 5.41) is 34.1. The molecular weight excluding hydrogens is 408 g/mol. The van der Waals surface area contributed by atoms with Gasteiger partial charge in [0.2, 0.25) is 0 Å². The predicted molar refractivity (Wildman–Crippen MR) is 121 cm³/mol. The van der Waals surface area contributed by atoms with Crippen LogP contribution in [0.4, 0.5) is 0 Å². The topological polar surface area (TPSA) is 107 Å². The number of phenols is 2. The average molecular weight is 437 g/mol. The zero-order valence-corrected chi connectivity index (χ0v) is 18.3. The minimum Gasteiger partial charge on any atom is -0.508 e. The Morgan fingerprint density at radius 3 is 2.38 bits per heavy atom. The van der Waals surface area contributed by atoms with Crippen LogP contribution >= 0.6 is 0 Å². The first-order chi connectivity index (χ1) is 15.3. The molecule has 1 aliphatic rings. The van der Waals surface area contributed by atoms with Gasteiger partial charge < -0.3 is 19.8 Å². The molecule has 4 rings (SSSR count). The Morgan fingerprint density at radius 1 is 1.06 bits per heavy atom. The van der Waals surface area contributed by atoms with Crippen LogP contribution < -0.4 is 0 Å². The van der Waals surface area contributed by atoms with E-state index >= 15 is 0 Å². The second kappa shape index (κ2) is 9.04. The molecular formula is C25H28N2O5. The number of carboxylic acids is 1. The van der Waals surface area contributed by atoms with E-state index in [0.29, 0.717) is 22.3 Å². The summed E-state index contributed by atoms with van der Waals surface area (Å²) < 4.78 is 5.42. The van der Waals surface area contributed by atoms with E-state index in [2.05, 4.69) is 10.1 Å². The molecule has 2 aromatic carbocycles. The quantitative estimate of drug-likeness (QED) is 0.486. The summed E-state index contributed by atoms with van der Waals surface area (Å²) in [6, 6.07) is 10.6. The molecule has 0 aliphatic carbocycles. The second-order valence-electron chi connectivity index (χ2n) is 8.66. The van der Waals surface area contributed by atoms with Crippen molar-refractivity contribution in [2.45, 2.75) is 45.6 Å². The third-order valence-corrected chi connectivity index (χ3v) is 6.00. The van der Waals surface area contributed by atoms with Crippen molar-refractivity contribution in [1.29, 1.82) is 0 Å². The van der Waals surface area contributed by atoms with Crippen molar-refractivity contribution in [2.24, 2.45) is 0 Å². The lowest BCUT2D eigenvalue weighted by atomic mass is 9.94. The molecule has 0 amide bonds. The van der Waals surface area contributed by atoms with Gasteiger partial charge in [-0.15, -0.1) is 0 Å². The summed E-state index contributed by atoms with van der Waals surface area (Å²) in [5.41, 5.74) is 2.78. The van der Waals surface area contributed by atoms with Gasteiger partial charge >= 0.3 is 5.97 Å². The van der Waals surface area contributed by atoms with Gasteiger partial charge in [0.1, 0.15) is 11.5 Å². The third kappa shape index (κ3) is 4.34. The van der Waals surface area contributed by atoms with Crippen molar-refractivity contribution in [3.8, 4) is 33.9 Å². The van der Waals surface area contributed by atoms with E-state index in [9.17, 15) is 20.1 Å². The first-order valence-corrected chi connectivity index (χ1v) is 11.0. The van der Waals surface area contributed by atoms with Crippen molar-refractivity contribution in [3.63, 3.8) is 0 Å². The van der Waals surface area contributed by atoms with Crippen molar-refractivity contribution in [1.82, 2.24) is 10.1 Å². The molecule has 1 aliphatic heterocycles. The Labute approximate surface area is 186 Å². The monoisotopic (exact) mass is 436 g/mol. The van der Waals surface area contributed by atoms with Crippen molar-refractivity contribution in [3.05, 3.63) is 53.2 Å². The summed E-state index contributed by atoms with van der Waals surface area (Å²) in [6.45, 7) is 6.89. The van der Waals surface area contributed by atoms with Crippen LogP contribution in [0.5, 0.6) is 11.5 Å². The molecule has 0 spiro atoms. The van der Waals surface area contributed by atoms with Gasteiger partial charge in [-0.05, 0) is 54.6 Å². The SMILES string of the molecule is CC(C)c1cc(-c2onc(C(=O)O)c2-c2ccc(CN3CCCCC3)cc2)c(O)cc1O. The average Bonchev–Trinajstić information content (AvgIpc) is 3.20. The molecule has 0 atom stereocenters. The molecule has 3 N–H and O–H groups in total. The van der Waals surface area contributed by atoms with Crippen LogP contribution in [-0.4, -0.2) is 44.4 Å². The highest BCUT2D eigenvalue weighted by Crippen LogP contribution is 2.43. The van der Waals surface area contributed by atoms with Gasteiger partial charge in [-0.3, -0.25) is 4.90 Å². The van der Waals surface area contributed by atoms with E-state index in [4.69, 9.17) is 4.52 Å². The number of hydrogen-bond donors (Lipinski definition) is 3. The first kappa shape index (κ1) is 21.9. The van der Waals surface area contributed by atoms with E-state index in [1.54, 1.807) is 6.07 Å². The number of carboxylic acid groups (broad SMARTS) is 1. The Kier molecular flexibility index (Phi) is 6.19. The molecule has 0 saturated carbocycles. The van der Waals surface area contributed by atoms with Crippen molar-refractivity contribution < 1.29 is 24.6 Å². The van der Waals surface area contributed by atoms with Gasteiger partial charge in [-0.1, -0.05) is 49.7 Å². The summed E-state index contributed by atoms with van der Waals surface area (Å²) >= 11 is 0. The van der Waals surface area contributed by atoms with Crippen LogP contribution in [0, 0.1) is 0 Å². The Balaban J connectivity index is 1.74. The van der Waals surface area contributed by atoms with Gasteiger partial charge in [-0.25, -0.2) is 4.79 Å². The van der Waals surface area contributed by atoms with Crippen LogP contribution in [0.3, 0.4) is 0 Å². The molecule has 0 unspecified atom stereocenters. The molecule has 1 aromatic heterocycles. The van der Waals surface area contributed by atoms with Crippen LogP contribution in [-0.2, 0) is 6.54 Å². The molecule has 1 fully saturated rings. The standard InChI is InChI=1S/C25H28N2O5/c1-15(2)18-12-19(21(29)13-20(18)28)24-22(23(25(30)31)26-32-24)17-8-6-16(7-9-17)14-27-10-4-3-5-11-27/h6-9,12-13,15,28-29H,3-5,10-11,14H2,1-2H3,(H,30,31). The normalized spacial score (nSPS) is 14.7. The first-order valence-electron chi connectivity index (χ1n) is 11.0. The fourth-order valence-corrected chi connectivity index (χ4v) is 4.28. The molecule has 0 radical (unpaired) electrons. The number of nitrogens with zero attached hydrogens (tertiary/aromatic N) is 2. The number of phenolic OH excluding ortho intramolecular Hbond substituents is 2. The van der Waals surface area contributed by atoms with Gasteiger partial charge in [0.05, 0.1) is 11.1 Å². The number of aromatic carboxylic acids is 1. The number of aromatic hydroxyl groups is 2. The fourth-order valence-electron chi connectivity index (χ4n) is 4.28. The molecule has 32 heavy (non-hydrogen) atoms. The summed E-state index contributed by atoms with van der Waals surface area (Å²) in [6.07, 6.45) is 3.73. The zero-order chi connectivity index (χ0) is 22.8. The lowest BCUT2D eigenvalue weighted by Gasteiger charge is -2.26. The van der Waals surface area contributed by atoms with Crippen molar-refractivity contribution in [2.75, 3.05) is 13.1 Å². The van der Waals surface area contributed by atoms with Gasteiger partial charge in [-0.2, -0.15) is 0 Å². The van der Waals surface area contributed by atoms with Crippen LogP contribution in [0.25, 0.3) is 22.5 Å². The maximum absolute atomic E-state index is 11.9. The van der Waals surface area contributed by atoms with Crippen LogP contribution in [0.2, 0.25) is 0 Å². The van der Waals surface area contributed by atoms with Gasteiger partial charge in [0, 0.05) is 12.6 Å². The van der Waals surface area contributed by atoms with E-state index < -0.39 is 5.97 Å². The number of likely N-dealkylation sites (tertiary alicyclic amines) is 1. The number of piperidine rings is 1. The molecule has 1 saturated heterocycles. The number of rotatable bonds is 6. The lowest BCUT2D eigenvalue weighted by molar-refractivity contribution is 0.0686. The molecule has 7 heteroatoms.